The molecule has 0 aliphatic carbocycles. The molecule has 1 aromatic carbocycles. The van der Waals surface area contributed by atoms with Crippen molar-refractivity contribution in [3.63, 3.8) is 0 Å². The number of aliphatic hydroxyl groups excluding tert-OH is 1. The number of carbonyl (C=O) groups excluding carboxylic acids is 1. The summed E-state index contributed by atoms with van der Waals surface area (Å²) >= 11 is 5.97. The Kier molecular flexibility index (Phi) is 4.77. The fraction of sp³-hybridized carbons (Fsp3) is 0.200. The van der Waals surface area contributed by atoms with Gasteiger partial charge < -0.3 is 15.4 Å². The second-order valence-corrected chi connectivity index (χ2v) is 5.05. The summed E-state index contributed by atoms with van der Waals surface area (Å²) < 4.78 is 0. The Bertz CT molecular complexity index is 712. The first-order chi connectivity index (χ1) is 9.99. The Morgan fingerprint density at radius 2 is 2.14 bits per heavy atom. The van der Waals surface area contributed by atoms with E-state index in [4.69, 9.17) is 11.6 Å². The molecule has 0 aliphatic rings. The fourth-order valence-electron chi connectivity index (χ4n) is 1.89. The predicted octanol–water partition coefficient (Wildman–Crippen LogP) is 1.80. The van der Waals surface area contributed by atoms with E-state index in [0.29, 0.717) is 16.3 Å². The van der Waals surface area contributed by atoms with Crippen LogP contribution in [0.15, 0.2) is 41.3 Å². The number of benzene rings is 1. The number of nitrogens with one attached hydrogen (secondary N) is 2. The average Bonchev–Trinajstić information content (AvgIpc) is 2.45. The van der Waals surface area contributed by atoms with Gasteiger partial charge in [0, 0.05) is 35.1 Å². The number of amides is 1. The van der Waals surface area contributed by atoms with Crippen LogP contribution in [0.3, 0.4) is 0 Å². The summed E-state index contributed by atoms with van der Waals surface area (Å²) in [6.07, 6.45) is 0.418. The van der Waals surface area contributed by atoms with Gasteiger partial charge in [-0.1, -0.05) is 29.8 Å². The molecule has 0 aliphatic heterocycles. The number of pyridine rings is 1. The van der Waals surface area contributed by atoms with Crippen molar-refractivity contribution in [2.45, 2.75) is 13.0 Å². The van der Waals surface area contributed by atoms with Crippen molar-refractivity contribution < 1.29 is 9.90 Å². The maximum Gasteiger partial charge on any atom is 0.256 e. The number of aromatic nitrogens is 1. The van der Waals surface area contributed by atoms with Crippen LogP contribution in [0.5, 0.6) is 0 Å². The molecule has 2 aromatic rings. The van der Waals surface area contributed by atoms with E-state index in [0.717, 1.165) is 0 Å². The van der Waals surface area contributed by atoms with Crippen LogP contribution in [-0.4, -0.2) is 22.5 Å². The van der Waals surface area contributed by atoms with Crippen LogP contribution in [0.2, 0.25) is 5.02 Å². The Hall–Kier alpha value is -2.11. The predicted molar refractivity (Wildman–Crippen MR) is 80.5 cm³/mol. The number of aryl methyl sites for hydroxylation is 1. The molecule has 1 amide bonds. The summed E-state index contributed by atoms with van der Waals surface area (Å²) in [6, 6.07) is 8.18. The van der Waals surface area contributed by atoms with E-state index < -0.39 is 12.0 Å². The van der Waals surface area contributed by atoms with Gasteiger partial charge in [0.2, 0.25) is 0 Å². The molecule has 21 heavy (non-hydrogen) atoms. The van der Waals surface area contributed by atoms with Gasteiger partial charge >= 0.3 is 0 Å². The lowest BCUT2D eigenvalue weighted by Gasteiger charge is -2.13. The summed E-state index contributed by atoms with van der Waals surface area (Å²) in [5.41, 5.74) is 0.841. The second kappa shape index (κ2) is 6.56. The standard InChI is InChI=1S/C15H15ClN2O3/c1-9-6-13(19)11(7-17-9)15(21)18-8-14(20)10-4-2-3-5-12(10)16/h2-7,14,20H,8H2,1H3,(H,17,19)(H,18,21). The molecule has 0 radical (unpaired) electrons. The van der Waals surface area contributed by atoms with Crippen molar-refractivity contribution >= 4 is 17.5 Å². The number of halogens is 1. The largest absolute Gasteiger partial charge is 0.387 e. The second-order valence-electron chi connectivity index (χ2n) is 4.64. The normalized spacial score (nSPS) is 12.0. The number of aromatic amines is 1. The highest BCUT2D eigenvalue weighted by molar-refractivity contribution is 6.31. The molecule has 0 saturated heterocycles. The molecule has 1 unspecified atom stereocenters. The monoisotopic (exact) mass is 306 g/mol. The van der Waals surface area contributed by atoms with Crippen LogP contribution in [0.4, 0.5) is 0 Å². The van der Waals surface area contributed by atoms with Crippen LogP contribution in [0.25, 0.3) is 0 Å². The van der Waals surface area contributed by atoms with E-state index in [-0.39, 0.29) is 17.5 Å². The SMILES string of the molecule is Cc1cc(=O)c(C(=O)NCC(O)c2ccccc2Cl)c[nH]1. The molecule has 1 atom stereocenters. The summed E-state index contributed by atoms with van der Waals surface area (Å²) in [5.74, 6) is -0.539. The molecule has 5 nitrogen and oxygen atoms in total. The third-order valence-electron chi connectivity index (χ3n) is 3.02. The van der Waals surface area contributed by atoms with Crippen molar-refractivity contribution in [3.8, 4) is 0 Å². The van der Waals surface area contributed by atoms with Crippen LogP contribution < -0.4 is 10.7 Å². The molecule has 0 fully saturated rings. The van der Waals surface area contributed by atoms with E-state index in [1.165, 1.54) is 12.3 Å². The first-order valence-electron chi connectivity index (χ1n) is 6.39. The molecule has 0 bridgehead atoms. The number of aliphatic hydroxyl groups is 1. The minimum atomic E-state index is -0.938. The Balaban J connectivity index is 2.04. The molecule has 0 saturated carbocycles. The minimum Gasteiger partial charge on any atom is -0.387 e. The molecule has 110 valence electrons. The Morgan fingerprint density at radius 1 is 1.43 bits per heavy atom. The van der Waals surface area contributed by atoms with Crippen molar-refractivity contribution in [1.29, 1.82) is 0 Å². The highest BCUT2D eigenvalue weighted by Crippen LogP contribution is 2.21. The van der Waals surface area contributed by atoms with E-state index in [2.05, 4.69) is 10.3 Å². The summed E-state index contributed by atoms with van der Waals surface area (Å²) in [5, 5.41) is 13.0. The van der Waals surface area contributed by atoms with Crippen molar-refractivity contribution in [2.75, 3.05) is 6.54 Å². The summed E-state index contributed by atoms with van der Waals surface area (Å²) in [4.78, 5) is 26.4. The van der Waals surface area contributed by atoms with E-state index in [1.807, 2.05) is 0 Å². The van der Waals surface area contributed by atoms with E-state index >= 15 is 0 Å². The lowest BCUT2D eigenvalue weighted by molar-refractivity contribution is 0.0915. The summed E-state index contributed by atoms with van der Waals surface area (Å²) in [7, 11) is 0. The molecule has 6 heteroatoms. The molecular formula is C15H15ClN2O3. The van der Waals surface area contributed by atoms with Gasteiger partial charge in [-0.05, 0) is 13.0 Å². The van der Waals surface area contributed by atoms with Gasteiger partial charge in [0.15, 0.2) is 5.43 Å². The van der Waals surface area contributed by atoms with Crippen LogP contribution in [0, 0.1) is 6.92 Å². The molecule has 1 aromatic heterocycles. The molecule has 0 spiro atoms. The maximum atomic E-state index is 11.9. The highest BCUT2D eigenvalue weighted by atomic mass is 35.5. The van der Waals surface area contributed by atoms with Gasteiger partial charge in [0.25, 0.3) is 5.91 Å². The number of carbonyl (C=O) groups is 1. The number of hydrogen-bond donors (Lipinski definition) is 3. The fourth-order valence-corrected chi connectivity index (χ4v) is 2.15. The van der Waals surface area contributed by atoms with Gasteiger partial charge in [-0.3, -0.25) is 9.59 Å². The van der Waals surface area contributed by atoms with Gasteiger partial charge in [0.05, 0.1) is 6.10 Å². The number of hydrogen-bond acceptors (Lipinski definition) is 3. The zero-order chi connectivity index (χ0) is 15.4. The number of H-pyrrole nitrogens is 1. The summed E-state index contributed by atoms with van der Waals surface area (Å²) in [6.45, 7) is 1.69. The van der Waals surface area contributed by atoms with Crippen molar-refractivity contribution in [1.82, 2.24) is 10.3 Å². The van der Waals surface area contributed by atoms with Gasteiger partial charge in [-0.15, -0.1) is 0 Å². The quantitative estimate of drug-likeness (QED) is 0.805. The lowest BCUT2D eigenvalue weighted by atomic mass is 10.1. The Morgan fingerprint density at radius 3 is 2.81 bits per heavy atom. The van der Waals surface area contributed by atoms with Crippen molar-refractivity contribution in [2.24, 2.45) is 0 Å². The third-order valence-corrected chi connectivity index (χ3v) is 3.37. The first kappa shape index (κ1) is 15.3. The molecule has 1 heterocycles. The zero-order valence-electron chi connectivity index (χ0n) is 11.4. The van der Waals surface area contributed by atoms with Crippen LogP contribution >= 0.6 is 11.6 Å². The highest BCUT2D eigenvalue weighted by Gasteiger charge is 2.15. The van der Waals surface area contributed by atoms with Crippen molar-refractivity contribution in [3.05, 3.63) is 68.6 Å². The smallest absolute Gasteiger partial charge is 0.256 e. The maximum absolute atomic E-state index is 11.9. The molecule has 2 rings (SSSR count). The lowest BCUT2D eigenvalue weighted by Crippen LogP contribution is -2.32. The first-order valence-corrected chi connectivity index (χ1v) is 6.77. The number of rotatable bonds is 4. The molecular weight excluding hydrogens is 292 g/mol. The van der Waals surface area contributed by atoms with Gasteiger partial charge in [-0.25, -0.2) is 0 Å². The van der Waals surface area contributed by atoms with Gasteiger partial charge in [-0.2, -0.15) is 0 Å². The third kappa shape index (κ3) is 3.71. The average molecular weight is 307 g/mol. The van der Waals surface area contributed by atoms with E-state index in [1.54, 1.807) is 31.2 Å². The minimum absolute atomic E-state index is 0.00644. The van der Waals surface area contributed by atoms with Gasteiger partial charge in [0.1, 0.15) is 5.56 Å². The van der Waals surface area contributed by atoms with Crippen LogP contribution in [-0.2, 0) is 0 Å². The van der Waals surface area contributed by atoms with Crippen LogP contribution in [0.1, 0.15) is 27.7 Å². The van der Waals surface area contributed by atoms with E-state index in [9.17, 15) is 14.7 Å². The topological polar surface area (TPSA) is 82.2 Å². The zero-order valence-corrected chi connectivity index (χ0v) is 12.1. The Labute approximate surface area is 126 Å². The molecule has 3 N–H and O–H groups in total.